The van der Waals surface area contributed by atoms with Gasteiger partial charge < -0.3 is 15.3 Å². The van der Waals surface area contributed by atoms with Crippen molar-refractivity contribution in [3.05, 3.63) is 34.9 Å². The smallest absolute Gasteiger partial charge is 0.307 e. The molecule has 1 aromatic rings. The molecule has 2 amide bonds. The van der Waals surface area contributed by atoms with Crippen LogP contribution in [0.5, 0.6) is 0 Å². The number of rotatable bonds is 5. The van der Waals surface area contributed by atoms with Crippen LogP contribution in [0.1, 0.15) is 43.5 Å². The number of carboxylic acid groups (broad SMARTS) is 1. The van der Waals surface area contributed by atoms with Crippen molar-refractivity contribution in [3.8, 4) is 0 Å². The van der Waals surface area contributed by atoms with Crippen LogP contribution in [0.4, 0.5) is 0 Å². The zero-order valence-corrected chi connectivity index (χ0v) is 16.3. The number of aliphatic carboxylic acids is 1. The van der Waals surface area contributed by atoms with Crippen LogP contribution in [0.2, 0.25) is 5.02 Å². The zero-order chi connectivity index (χ0) is 19.8. The average molecular weight is 393 g/mol. The first-order valence-corrected chi connectivity index (χ1v) is 9.69. The molecule has 1 spiro atoms. The summed E-state index contributed by atoms with van der Waals surface area (Å²) in [6.07, 6.45) is 2.14. The normalized spacial score (nSPS) is 21.8. The molecule has 2 unspecified atom stereocenters. The van der Waals surface area contributed by atoms with Crippen LogP contribution in [-0.2, 0) is 9.59 Å². The maximum absolute atomic E-state index is 13.0. The molecule has 7 heteroatoms. The SMILES string of the molecule is CC(C)C(NC(=O)c1ccc(Cl)cc1)C(=O)N1CCC2(CC1)CC2C(=O)O. The number of carboxylic acids is 1. The molecule has 2 fully saturated rings. The van der Waals surface area contributed by atoms with Gasteiger partial charge in [0.15, 0.2) is 0 Å². The highest BCUT2D eigenvalue weighted by Crippen LogP contribution is 2.59. The fourth-order valence-corrected chi connectivity index (χ4v) is 4.08. The first-order valence-electron chi connectivity index (χ1n) is 9.31. The van der Waals surface area contributed by atoms with E-state index in [9.17, 15) is 19.5 Å². The summed E-state index contributed by atoms with van der Waals surface area (Å²) in [4.78, 5) is 38.4. The standard InChI is InChI=1S/C20H25ClN2O4/c1-12(2)16(22-17(24)13-3-5-14(21)6-4-13)18(25)23-9-7-20(8-10-23)11-15(20)19(26)27/h3-6,12,15-16H,7-11H2,1-2H3,(H,22,24)(H,26,27). The van der Waals surface area contributed by atoms with E-state index in [2.05, 4.69) is 5.32 Å². The summed E-state index contributed by atoms with van der Waals surface area (Å²) in [6.45, 7) is 4.89. The van der Waals surface area contributed by atoms with Crippen molar-refractivity contribution in [2.45, 2.75) is 39.2 Å². The lowest BCUT2D eigenvalue weighted by molar-refractivity contribution is -0.140. The summed E-state index contributed by atoms with van der Waals surface area (Å²) in [5.74, 6) is -1.46. The Morgan fingerprint density at radius 1 is 1.19 bits per heavy atom. The largest absolute Gasteiger partial charge is 0.481 e. The summed E-state index contributed by atoms with van der Waals surface area (Å²) in [7, 11) is 0. The molecule has 3 rings (SSSR count). The van der Waals surface area contributed by atoms with E-state index in [-0.39, 0.29) is 29.1 Å². The summed E-state index contributed by atoms with van der Waals surface area (Å²) >= 11 is 5.85. The molecule has 1 aromatic carbocycles. The number of hydrogen-bond donors (Lipinski definition) is 2. The van der Waals surface area contributed by atoms with Gasteiger partial charge in [0.25, 0.3) is 5.91 Å². The third-order valence-electron chi connectivity index (χ3n) is 5.88. The minimum Gasteiger partial charge on any atom is -0.481 e. The first-order chi connectivity index (χ1) is 12.7. The van der Waals surface area contributed by atoms with E-state index >= 15 is 0 Å². The zero-order valence-electron chi connectivity index (χ0n) is 15.6. The van der Waals surface area contributed by atoms with Crippen LogP contribution in [-0.4, -0.2) is 46.9 Å². The van der Waals surface area contributed by atoms with E-state index in [0.29, 0.717) is 42.9 Å². The van der Waals surface area contributed by atoms with Crippen LogP contribution in [0.15, 0.2) is 24.3 Å². The lowest BCUT2D eigenvalue weighted by atomic mass is 9.90. The van der Waals surface area contributed by atoms with E-state index in [1.165, 1.54) is 0 Å². The Morgan fingerprint density at radius 2 is 1.78 bits per heavy atom. The first kappa shape index (κ1) is 19.7. The van der Waals surface area contributed by atoms with Gasteiger partial charge >= 0.3 is 5.97 Å². The molecular formula is C20H25ClN2O4. The predicted octanol–water partition coefficient (Wildman–Crippen LogP) is 2.81. The molecule has 2 aliphatic rings. The number of hydrogen-bond acceptors (Lipinski definition) is 3. The Hall–Kier alpha value is -2.08. The van der Waals surface area contributed by atoms with Crippen molar-refractivity contribution >= 4 is 29.4 Å². The molecule has 0 bridgehead atoms. The molecule has 1 heterocycles. The van der Waals surface area contributed by atoms with E-state index in [0.717, 1.165) is 0 Å². The summed E-state index contributed by atoms with van der Waals surface area (Å²) in [5, 5.41) is 12.6. The number of carbonyl (C=O) groups excluding carboxylic acids is 2. The van der Waals surface area contributed by atoms with Gasteiger partial charge in [0.1, 0.15) is 6.04 Å². The highest BCUT2D eigenvalue weighted by molar-refractivity contribution is 6.30. The van der Waals surface area contributed by atoms with E-state index in [1.807, 2.05) is 13.8 Å². The number of benzene rings is 1. The summed E-state index contributed by atoms with van der Waals surface area (Å²) in [5.41, 5.74) is 0.334. The van der Waals surface area contributed by atoms with Crippen LogP contribution in [0.25, 0.3) is 0 Å². The lowest BCUT2D eigenvalue weighted by Crippen LogP contribution is -2.53. The van der Waals surface area contributed by atoms with Crippen LogP contribution >= 0.6 is 11.6 Å². The molecule has 1 saturated heterocycles. The Bertz CT molecular complexity index is 739. The average Bonchev–Trinajstić information content (AvgIpc) is 3.33. The van der Waals surface area contributed by atoms with Gasteiger partial charge in [0.2, 0.25) is 5.91 Å². The highest BCUT2D eigenvalue weighted by atomic mass is 35.5. The Kier molecular flexibility index (Phi) is 5.47. The van der Waals surface area contributed by atoms with Crippen molar-refractivity contribution in [1.29, 1.82) is 0 Å². The fraction of sp³-hybridized carbons (Fsp3) is 0.550. The van der Waals surface area contributed by atoms with Crippen LogP contribution in [0.3, 0.4) is 0 Å². The minimum atomic E-state index is -0.731. The maximum atomic E-state index is 13.0. The van der Waals surface area contributed by atoms with Gasteiger partial charge in [-0.1, -0.05) is 25.4 Å². The number of likely N-dealkylation sites (tertiary alicyclic amines) is 1. The van der Waals surface area contributed by atoms with Crippen molar-refractivity contribution in [2.75, 3.05) is 13.1 Å². The number of amides is 2. The highest BCUT2D eigenvalue weighted by Gasteiger charge is 2.59. The van der Waals surface area contributed by atoms with Gasteiger partial charge in [-0.25, -0.2) is 0 Å². The Morgan fingerprint density at radius 3 is 2.26 bits per heavy atom. The molecule has 6 nitrogen and oxygen atoms in total. The molecule has 27 heavy (non-hydrogen) atoms. The molecule has 1 aliphatic heterocycles. The molecule has 146 valence electrons. The second-order valence-electron chi connectivity index (χ2n) is 7.98. The molecular weight excluding hydrogens is 368 g/mol. The van der Waals surface area contributed by atoms with E-state index < -0.39 is 12.0 Å². The minimum absolute atomic E-state index is 0.0580. The molecule has 0 aromatic heterocycles. The molecule has 2 N–H and O–H groups in total. The van der Waals surface area contributed by atoms with Gasteiger partial charge in [-0.3, -0.25) is 14.4 Å². The maximum Gasteiger partial charge on any atom is 0.307 e. The second kappa shape index (κ2) is 7.50. The summed E-state index contributed by atoms with van der Waals surface area (Å²) in [6, 6.07) is 5.92. The third kappa shape index (κ3) is 4.10. The number of carbonyl (C=O) groups is 3. The second-order valence-corrected chi connectivity index (χ2v) is 8.42. The molecule has 2 atom stereocenters. The van der Waals surface area contributed by atoms with E-state index in [1.54, 1.807) is 29.2 Å². The van der Waals surface area contributed by atoms with Gasteiger partial charge in [-0.05, 0) is 54.9 Å². The van der Waals surface area contributed by atoms with Crippen LogP contribution in [0, 0.1) is 17.3 Å². The third-order valence-corrected chi connectivity index (χ3v) is 6.14. The quantitative estimate of drug-likeness (QED) is 0.806. The van der Waals surface area contributed by atoms with Gasteiger partial charge in [-0.15, -0.1) is 0 Å². The van der Waals surface area contributed by atoms with Gasteiger partial charge in [0.05, 0.1) is 5.92 Å². The molecule has 1 saturated carbocycles. The topological polar surface area (TPSA) is 86.7 Å². The van der Waals surface area contributed by atoms with E-state index in [4.69, 9.17) is 11.6 Å². The monoisotopic (exact) mass is 392 g/mol. The lowest BCUT2D eigenvalue weighted by Gasteiger charge is -2.36. The van der Waals surface area contributed by atoms with Gasteiger partial charge in [0, 0.05) is 23.7 Å². The summed E-state index contributed by atoms with van der Waals surface area (Å²) < 4.78 is 0. The fourth-order valence-electron chi connectivity index (χ4n) is 3.96. The van der Waals surface area contributed by atoms with Crippen molar-refractivity contribution in [3.63, 3.8) is 0 Å². The van der Waals surface area contributed by atoms with Crippen molar-refractivity contribution in [2.24, 2.45) is 17.3 Å². The Labute approximate surface area is 163 Å². The molecule has 1 aliphatic carbocycles. The van der Waals surface area contributed by atoms with Crippen molar-refractivity contribution in [1.82, 2.24) is 10.2 Å². The number of piperidine rings is 1. The predicted molar refractivity (Wildman–Crippen MR) is 102 cm³/mol. The molecule has 0 radical (unpaired) electrons. The Balaban J connectivity index is 1.62. The number of nitrogens with one attached hydrogen (secondary N) is 1. The van der Waals surface area contributed by atoms with Crippen LogP contribution < -0.4 is 5.32 Å². The number of halogens is 1. The number of nitrogens with zero attached hydrogens (tertiary/aromatic N) is 1. The van der Waals surface area contributed by atoms with Crippen molar-refractivity contribution < 1.29 is 19.5 Å². The van der Waals surface area contributed by atoms with Gasteiger partial charge in [-0.2, -0.15) is 0 Å².